The summed E-state index contributed by atoms with van der Waals surface area (Å²) >= 11 is 0. The predicted octanol–water partition coefficient (Wildman–Crippen LogP) is 3.12. The van der Waals surface area contributed by atoms with Gasteiger partial charge in [-0.15, -0.1) is 0 Å². The van der Waals surface area contributed by atoms with E-state index in [2.05, 4.69) is 6.92 Å². The van der Waals surface area contributed by atoms with Crippen molar-refractivity contribution in [3.8, 4) is 0 Å². The number of hydrogen-bond donors (Lipinski definition) is 2. The van der Waals surface area contributed by atoms with Crippen molar-refractivity contribution < 1.29 is 10.2 Å². The zero-order chi connectivity index (χ0) is 11.4. The lowest BCUT2D eigenvalue weighted by Gasteiger charge is -2.09. The third-order valence-electron chi connectivity index (χ3n) is 2.98. The normalized spacial score (nSPS) is 11.2. The molecule has 0 bridgehead atoms. The third kappa shape index (κ3) is 10.2. The van der Waals surface area contributed by atoms with E-state index in [1.165, 1.54) is 44.9 Å². The van der Waals surface area contributed by atoms with Crippen molar-refractivity contribution in [3.05, 3.63) is 0 Å². The highest BCUT2D eigenvalue weighted by Gasteiger charge is 2.04. The molecule has 0 rings (SSSR count). The summed E-state index contributed by atoms with van der Waals surface area (Å²) in [6, 6.07) is 0. The van der Waals surface area contributed by atoms with E-state index in [1.54, 1.807) is 0 Å². The smallest absolute Gasteiger partial charge is 0.0481 e. The Morgan fingerprint density at radius 3 is 1.67 bits per heavy atom. The Balaban J connectivity index is 3.04. The highest BCUT2D eigenvalue weighted by Crippen LogP contribution is 2.12. The Morgan fingerprint density at radius 2 is 1.20 bits per heavy atom. The number of aliphatic hydroxyl groups is 2. The van der Waals surface area contributed by atoms with Crippen molar-refractivity contribution in [2.45, 2.75) is 64.7 Å². The molecule has 2 heteroatoms. The van der Waals surface area contributed by atoms with Gasteiger partial charge in [0.2, 0.25) is 0 Å². The molecular weight excluding hydrogens is 188 g/mol. The van der Waals surface area contributed by atoms with Crippen LogP contribution >= 0.6 is 0 Å². The summed E-state index contributed by atoms with van der Waals surface area (Å²) in [5.41, 5.74) is 0. The summed E-state index contributed by atoms with van der Waals surface area (Å²) in [5.74, 6) is 0.116. The number of aliphatic hydroxyl groups excluding tert-OH is 2. The standard InChI is InChI=1S/C13H28O2/c1-2-3-4-5-6-7-8-9-10-13(11-14)12-15/h13-15H,2-12H2,1H3. The average molecular weight is 216 g/mol. The maximum Gasteiger partial charge on any atom is 0.0481 e. The van der Waals surface area contributed by atoms with Gasteiger partial charge in [-0.3, -0.25) is 0 Å². The van der Waals surface area contributed by atoms with Crippen LogP contribution in [0.25, 0.3) is 0 Å². The van der Waals surface area contributed by atoms with Gasteiger partial charge in [-0.25, -0.2) is 0 Å². The largest absolute Gasteiger partial charge is 0.396 e. The van der Waals surface area contributed by atoms with E-state index in [0.717, 1.165) is 12.8 Å². The highest BCUT2D eigenvalue weighted by atomic mass is 16.3. The molecule has 0 spiro atoms. The van der Waals surface area contributed by atoms with Crippen LogP contribution in [0.3, 0.4) is 0 Å². The van der Waals surface area contributed by atoms with Crippen molar-refractivity contribution in [1.29, 1.82) is 0 Å². The molecule has 2 N–H and O–H groups in total. The Bertz CT molecular complexity index is 111. The molecule has 0 saturated heterocycles. The van der Waals surface area contributed by atoms with E-state index >= 15 is 0 Å². The summed E-state index contributed by atoms with van der Waals surface area (Å²) < 4.78 is 0. The third-order valence-corrected chi connectivity index (χ3v) is 2.98. The molecule has 2 nitrogen and oxygen atoms in total. The fraction of sp³-hybridized carbons (Fsp3) is 1.00. The summed E-state index contributed by atoms with van der Waals surface area (Å²) in [6.07, 6.45) is 11.5. The van der Waals surface area contributed by atoms with Gasteiger partial charge in [-0.2, -0.15) is 0 Å². The summed E-state index contributed by atoms with van der Waals surface area (Å²) in [7, 11) is 0. The molecule has 0 unspecified atom stereocenters. The zero-order valence-electron chi connectivity index (χ0n) is 10.2. The van der Waals surface area contributed by atoms with E-state index < -0.39 is 0 Å². The quantitative estimate of drug-likeness (QED) is 0.521. The highest BCUT2D eigenvalue weighted by molar-refractivity contribution is 4.56. The molecule has 0 aromatic carbocycles. The lowest BCUT2D eigenvalue weighted by Crippen LogP contribution is -2.10. The second-order valence-electron chi connectivity index (χ2n) is 4.49. The van der Waals surface area contributed by atoms with Crippen LogP contribution in [0.15, 0.2) is 0 Å². The SMILES string of the molecule is CCCCCCCCCCC(CO)CO. The van der Waals surface area contributed by atoms with Crippen LogP contribution in [0.5, 0.6) is 0 Å². The van der Waals surface area contributed by atoms with Gasteiger partial charge in [0, 0.05) is 19.1 Å². The van der Waals surface area contributed by atoms with Crippen LogP contribution < -0.4 is 0 Å². The molecule has 15 heavy (non-hydrogen) atoms. The molecule has 0 aliphatic carbocycles. The minimum absolute atomic E-state index is 0.116. The van der Waals surface area contributed by atoms with Gasteiger partial charge in [0.1, 0.15) is 0 Å². The monoisotopic (exact) mass is 216 g/mol. The maximum atomic E-state index is 8.87. The second-order valence-corrected chi connectivity index (χ2v) is 4.49. The molecule has 0 amide bonds. The van der Waals surface area contributed by atoms with Crippen LogP contribution in [0.1, 0.15) is 64.7 Å². The summed E-state index contributed by atoms with van der Waals surface area (Å²) in [6.45, 7) is 2.50. The fourth-order valence-electron chi connectivity index (χ4n) is 1.81. The Hall–Kier alpha value is -0.0800. The van der Waals surface area contributed by atoms with E-state index in [9.17, 15) is 0 Å². The van der Waals surface area contributed by atoms with Gasteiger partial charge in [0.15, 0.2) is 0 Å². The van der Waals surface area contributed by atoms with Crippen molar-refractivity contribution >= 4 is 0 Å². The minimum Gasteiger partial charge on any atom is -0.396 e. The topological polar surface area (TPSA) is 40.5 Å². The lowest BCUT2D eigenvalue weighted by atomic mass is 10.0. The molecule has 0 aromatic rings. The molecule has 0 aliphatic heterocycles. The van der Waals surface area contributed by atoms with Crippen LogP contribution in [0.4, 0.5) is 0 Å². The molecule has 0 atom stereocenters. The van der Waals surface area contributed by atoms with Crippen LogP contribution in [0, 0.1) is 5.92 Å². The first-order valence-electron chi connectivity index (χ1n) is 6.56. The summed E-state index contributed by atoms with van der Waals surface area (Å²) in [5, 5.41) is 17.7. The average Bonchev–Trinajstić information content (AvgIpc) is 2.27. The molecule has 0 fully saturated rings. The van der Waals surface area contributed by atoms with E-state index in [1.807, 2.05) is 0 Å². The zero-order valence-corrected chi connectivity index (χ0v) is 10.2. The molecule has 92 valence electrons. The maximum absolute atomic E-state index is 8.87. The first-order valence-corrected chi connectivity index (χ1v) is 6.56. The molecule has 0 aliphatic rings. The van der Waals surface area contributed by atoms with Crippen molar-refractivity contribution in [2.24, 2.45) is 5.92 Å². The molecule has 0 radical (unpaired) electrons. The molecular formula is C13H28O2. The van der Waals surface area contributed by atoms with Gasteiger partial charge in [-0.05, 0) is 6.42 Å². The Morgan fingerprint density at radius 1 is 0.733 bits per heavy atom. The first kappa shape index (κ1) is 14.9. The van der Waals surface area contributed by atoms with Gasteiger partial charge in [0.25, 0.3) is 0 Å². The predicted molar refractivity (Wildman–Crippen MR) is 64.9 cm³/mol. The number of unbranched alkanes of at least 4 members (excludes halogenated alkanes) is 7. The van der Waals surface area contributed by atoms with E-state index in [4.69, 9.17) is 10.2 Å². The van der Waals surface area contributed by atoms with Crippen molar-refractivity contribution in [3.63, 3.8) is 0 Å². The van der Waals surface area contributed by atoms with E-state index in [-0.39, 0.29) is 19.1 Å². The number of hydrogen-bond acceptors (Lipinski definition) is 2. The number of rotatable bonds is 11. The molecule has 0 heterocycles. The second kappa shape index (κ2) is 12.0. The van der Waals surface area contributed by atoms with Crippen LogP contribution in [-0.2, 0) is 0 Å². The fourth-order valence-corrected chi connectivity index (χ4v) is 1.81. The molecule has 0 aromatic heterocycles. The Labute approximate surface area is 94.7 Å². The van der Waals surface area contributed by atoms with Crippen molar-refractivity contribution in [2.75, 3.05) is 13.2 Å². The summed E-state index contributed by atoms with van der Waals surface area (Å²) in [4.78, 5) is 0. The van der Waals surface area contributed by atoms with E-state index in [0.29, 0.717) is 0 Å². The van der Waals surface area contributed by atoms with Gasteiger partial charge >= 0.3 is 0 Å². The first-order chi connectivity index (χ1) is 7.35. The van der Waals surface area contributed by atoms with Gasteiger partial charge in [-0.1, -0.05) is 58.3 Å². The Kier molecular flexibility index (Phi) is 11.9. The van der Waals surface area contributed by atoms with Gasteiger partial charge < -0.3 is 10.2 Å². The van der Waals surface area contributed by atoms with Crippen LogP contribution in [-0.4, -0.2) is 23.4 Å². The van der Waals surface area contributed by atoms with Crippen molar-refractivity contribution in [1.82, 2.24) is 0 Å². The molecule has 0 saturated carbocycles. The van der Waals surface area contributed by atoms with Gasteiger partial charge in [0.05, 0.1) is 0 Å². The minimum atomic E-state index is 0.116. The lowest BCUT2D eigenvalue weighted by molar-refractivity contribution is 0.141. The van der Waals surface area contributed by atoms with Crippen LogP contribution in [0.2, 0.25) is 0 Å².